The number of benzene rings is 1. The number of carbonyl (C=O) groups excluding carboxylic acids is 1. The first-order valence-corrected chi connectivity index (χ1v) is 5.87. The van der Waals surface area contributed by atoms with E-state index in [1.54, 1.807) is 7.05 Å². The third kappa shape index (κ3) is 2.20. The van der Waals surface area contributed by atoms with E-state index in [9.17, 15) is 10.1 Å². The smallest absolute Gasteiger partial charge is 0.185 e. The standard InChI is InChI=1S/C14H13N3O2/c1-3-19-12-7-5-4-6-10(12)14-11(8-15)17(2)13(9-18)16-14/h4-7,9H,3H2,1-2H3. The highest BCUT2D eigenvalue weighted by molar-refractivity contribution is 5.77. The van der Waals surface area contributed by atoms with Gasteiger partial charge in [-0.3, -0.25) is 4.79 Å². The molecule has 2 rings (SSSR count). The number of carbonyl (C=O) groups is 1. The molecule has 5 nitrogen and oxygen atoms in total. The Bertz CT molecular complexity index is 653. The second kappa shape index (κ2) is 5.36. The maximum absolute atomic E-state index is 10.9. The van der Waals surface area contributed by atoms with Gasteiger partial charge in [0.05, 0.1) is 6.61 Å². The van der Waals surface area contributed by atoms with Gasteiger partial charge in [-0.15, -0.1) is 0 Å². The molecular weight excluding hydrogens is 242 g/mol. The molecule has 19 heavy (non-hydrogen) atoms. The van der Waals surface area contributed by atoms with Crippen LogP contribution in [0.3, 0.4) is 0 Å². The number of aromatic nitrogens is 2. The summed E-state index contributed by atoms with van der Waals surface area (Å²) in [5, 5.41) is 9.22. The van der Waals surface area contributed by atoms with Crippen LogP contribution in [0.15, 0.2) is 24.3 Å². The minimum absolute atomic E-state index is 0.220. The maximum Gasteiger partial charge on any atom is 0.185 e. The Hall–Kier alpha value is -2.61. The van der Waals surface area contributed by atoms with E-state index in [0.717, 1.165) is 0 Å². The molecule has 0 aliphatic heterocycles. The summed E-state index contributed by atoms with van der Waals surface area (Å²) in [6.07, 6.45) is 0.633. The van der Waals surface area contributed by atoms with Crippen molar-refractivity contribution >= 4 is 6.29 Å². The van der Waals surface area contributed by atoms with E-state index in [4.69, 9.17) is 4.74 Å². The zero-order chi connectivity index (χ0) is 13.8. The highest BCUT2D eigenvalue weighted by Gasteiger charge is 2.18. The number of rotatable bonds is 4. The average molecular weight is 255 g/mol. The molecule has 1 aromatic heterocycles. The molecule has 0 radical (unpaired) electrons. The van der Waals surface area contributed by atoms with E-state index in [1.807, 2.05) is 31.2 Å². The number of para-hydroxylation sites is 1. The van der Waals surface area contributed by atoms with Gasteiger partial charge in [0.2, 0.25) is 0 Å². The summed E-state index contributed by atoms with van der Waals surface area (Å²) in [5.41, 5.74) is 1.52. The summed E-state index contributed by atoms with van der Waals surface area (Å²) in [4.78, 5) is 15.1. The lowest BCUT2D eigenvalue weighted by molar-refractivity contribution is 0.111. The quantitative estimate of drug-likeness (QED) is 0.785. The Kier molecular flexibility index (Phi) is 3.62. The molecule has 0 bridgehead atoms. The lowest BCUT2D eigenvalue weighted by Gasteiger charge is -2.08. The number of imidazole rings is 1. The molecule has 0 unspecified atom stereocenters. The van der Waals surface area contributed by atoms with Crippen molar-refractivity contribution in [3.8, 4) is 23.1 Å². The normalized spacial score (nSPS) is 9.95. The molecule has 0 spiro atoms. The van der Waals surface area contributed by atoms with Gasteiger partial charge in [0, 0.05) is 12.6 Å². The first kappa shape index (κ1) is 12.8. The number of hydrogen-bond acceptors (Lipinski definition) is 4. The van der Waals surface area contributed by atoms with Gasteiger partial charge in [-0.2, -0.15) is 5.26 Å². The van der Waals surface area contributed by atoms with Gasteiger partial charge in [-0.25, -0.2) is 4.98 Å². The first-order valence-electron chi connectivity index (χ1n) is 5.87. The largest absolute Gasteiger partial charge is 0.493 e. The van der Waals surface area contributed by atoms with E-state index in [0.29, 0.717) is 35.6 Å². The van der Waals surface area contributed by atoms with Crippen LogP contribution in [0.4, 0.5) is 0 Å². The van der Waals surface area contributed by atoms with Crippen LogP contribution in [0.1, 0.15) is 23.2 Å². The zero-order valence-electron chi connectivity index (χ0n) is 10.8. The zero-order valence-corrected chi connectivity index (χ0v) is 10.8. The Morgan fingerprint density at radius 2 is 2.21 bits per heavy atom. The fraction of sp³-hybridized carbons (Fsp3) is 0.214. The third-order valence-electron chi connectivity index (χ3n) is 2.78. The molecular formula is C14H13N3O2. The molecule has 5 heteroatoms. The van der Waals surface area contributed by atoms with Crippen molar-refractivity contribution < 1.29 is 9.53 Å². The minimum atomic E-state index is 0.220. The van der Waals surface area contributed by atoms with E-state index >= 15 is 0 Å². The number of nitriles is 1. The van der Waals surface area contributed by atoms with Crippen molar-refractivity contribution in [2.45, 2.75) is 6.92 Å². The van der Waals surface area contributed by atoms with Crippen LogP contribution >= 0.6 is 0 Å². The first-order chi connectivity index (χ1) is 9.22. The summed E-state index contributed by atoms with van der Waals surface area (Å²) in [6.45, 7) is 2.41. The highest BCUT2D eigenvalue weighted by Crippen LogP contribution is 2.31. The van der Waals surface area contributed by atoms with Crippen LogP contribution in [0.5, 0.6) is 5.75 Å². The second-order valence-corrected chi connectivity index (χ2v) is 3.89. The topological polar surface area (TPSA) is 67.9 Å². The molecule has 0 fully saturated rings. The molecule has 0 saturated heterocycles. The van der Waals surface area contributed by atoms with Crippen molar-refractivity contribution in [1.82, 2.24) is 9.55 Å². The SMILES string of the molecule is CCOc1ccccc1-c1nc(C=O)n(C)c1C#N. The van der Waals surface area contributed by atoms with Crippen molar-refractivity contribution in [3.63, 3.8) is 0 Å². The molecule has 0 amide bonds. The van der Waals surface area contributed by atoms with Gasteiger partial charge in [-0.05, 0) is 19.1 Å². The predicted molar refractivity (Wildman–Crippen MR) is 69.9 cm³/mol. The van der Waals surface area contributed by atoms with Crippen molar-refractivity contribution in [2.24, 2.45) is 7.05 Å². The van der Waals surface area contributed by atoms with Crippen molar-refractivity contribution in [1.29, 1.82) is 5.26 Å². The van der Waals surface area contributed by atoms with E-state index in [1.165, 1.54) is 4.57 Å². The average Bonchev–Trinajstić information content (AvgIpc) is 2.76. The van der Waals surface area contributed by atoms with Crippen LogP contribution in [0.25, 0.3) is 11.3 Å². The molecule has 0 saturated carbocycles. The number of aldehydes is 1. The van der Waals surface area contributed by atoms with Gasteiger partial charge in [-0.1, -0.05) is 12.1 Å². The van der Waals surface area contributed by atoms with E-state index in [-0.39, 0.29) is 5.82 Å². The summed E-state index contributed by atoms with van der Waals surface area (Å²) < 4.78 is 7.00. The highest BCUT2D eigenvalue weighted by atomic mass is 16.5. The summed E-state index contributed by atoms with van der Waals surface area (Å²) in [5.74, 6) is 0.870. The van der Waals surface area contributed by atoms with Gasteiger partial charge in [0.15, 0.2) is 12.1 Å². The molecule has 1 aromatic carbocycles. The van der Waals surface area contributed by atoms with Crippen molar-refractivity contribution in [3.05, 3.63) is 35.8 Å². The number of ether oxygens (including phenoxy) is 1. The van der Waals surface area contributed by atoms with Crippen LogP contribution in [0.2, 0.25) is 0 Å². The third-order valence-corrected chi connectivity index (χ3v) is 2.78. The molecule has 1 heterocycles. The molecule has 0 aliphatic carbocycles. The minimum Gasteiger partial charge on any atom is -0.493 e. The Morgan fingerprint density at radius 1 is 1.47 bits per heavy atom. The Morgan fingerprint density at radius 3 is 2.84 bits per heavy atom. The summed E-state index contributed by atoms with van der Waals surface area (Å²) in [7, 11) is 1.64. The Balaban J connectivity index is 2.66. The number of hydrogen-bond donors (Lipinski definition) is 0. The van der Waals surface area contributed by atoms with Gasteiger partial charge < -0.3 is 9.30 Å². The summed E-state index contributed by atoms with van der Waals surface area (Å²) in [6, 6.07) is 9.40. The van der Waals surface area contributed by atoms with Gasteiger partial charge >= 0.3 is 0 Å². The summed E-state index contributed by atoms with van der Waals surface area (Å²) >= 11 is 0. The Labute approximate surface area is 111 Å². The van der Waals surface area contributed by atoms with Gasteiger partial charge in [0.25, 0.3) is 0 Å². The maximum atomic E-state index is 10.9. The van der Waals surface area contributed by atoms with Gasteiger partial charge in [0.1, 0.15) is 23.2 Å². The van der Waals surface area contributed by atoms with E-state index in [2.05, 4.69) is 11.1 Å². The van der Waals surface area contributed by atoms with Crippen LogP contribution in [0, 0.1) is 11.3 Å². The lowest BCUT2D eigenvalue weighted by Crippen LogP contribution is -1.98. The molecule has 0 atom stereocenters. The van der Waals surface area contributed by atoms with Crippen molar-refractivity contribution in [2.75, 3.05) is 6.61 Å². The van der Waals surface area contributed by atoms with Crippen LogP contribution < -0.4 is 4.74 Å². The van der Waals surface area contributed by atoms with E-state index < -0.39 is 0 Å². The molecule has 2 aromatic rings. The molecule has 0 aliphatic rings. The predicted octanol–water partition coefficient (Wildman–Crippen LogP) is 2.17. The fourth-order valence-corrected chi connectivity index (χ4v) is 1.88. The monoisotopic (exact) mass is 255 g/mol. The number of nitrogens with zero attached hydrogens (tertiary/aromatic N) is 3. The lowest BCUT2D eigenvalue weighted by atomic mass is 10.1. The molecule has 96 valence electrons. The van der Waals surface area contributed by atoms with Crippen LogP contribution in [-0.2, 0) is 7.05 Å². The fourth-order valence-electron chi connectivity index (χ4n) is 1.88. The second-order valence-electron chi connectivity index (χ2n) is 3.89. The van der Waals surface area contributed by atoms with Crippen LogP contribution in [-0.4, -0.2) is 22.4 Å². The molecule has 0 N–H and O–H groups in total.